The summed E-state index contributed by atoms with van der Waals surface area (Å²) in [5.41, 5.74) is 4.21. The van der Waals surface area contributed by atoms with Crippen LogP contribution >= 0.6 is 0 Å². The highest BCUT2D eigenvalue weighted by Crippen LogP contribution is 2.39. The van der Waals surface area contributed by atoms with Gasteiger partial charge in [0, 0.05) is 49.3 Å². The van der Waals surface area contributed by atoms with Crippen molar-refractivity contribution in [2.75, 3.05) is 33.8 Å². The molecule has 0 bridgehead atoms. The molecule has 4 rings (SSSR count). The molecule has 0 aliphatic carbocycles. The number of nitrogens with zero attached hydrogens (tertiary/aromatic N) is 5. The van der Waals surface area contributed by atoms with Crippen molar-refractivity contribution in [1.82, 2.24) is 24.6 Å². The van der Waals surface area contributed by atoms with Crippen molar-refractivity contribution in [3.63, 3.8) is 0 Å². The van der Waals surface area contributed by atoms with Gasteiger partial charge in [-0.3, -0.25) is 14.5 Å². The van der Waals surface area contributed by atoms with Crippen molar-refractivity contribution in [3.05, 3.63) is 72.5 Å². The third-order valence-corrected chi connectivity index (χ3v) is 5.72. The minimum absolute atomic E-state index is 0.0149. The third-order valence-electron chi connectivity index (χ3n) is 5.72. The van der Waals surface area contributed by atoms with Gasteiger partial charge >= 0.3 is 0 Å². The van der Waals surface area contributed by atoms with Crippen molar-refractivity contribution in [2.24, 2.45) is 0 Å². The third kappa shape index (κ3) is 5.02. The summed E-state index contributed by atoms with van der Waals surface area (Å²) < 4.78 is 15.5. The number of hydrogen-bond donors (Lipinski definition) is 1. The first-order valence-corrected chi connectivity index (χ1v) is 11.0. The molecule has 172 valence electrons. The molecular weight excluding hydrogens is 421 g/mol. The Labute approximate surface area is 192 Å². The minimum Gasteiger partial charge on any atom is -0.396 e. The second-order valence-electron chi connectivity index (χ2n) is 8.41. The smallest absolute Gasteiger partial charge is 0.246 e. The van der Waals surface area contributed by atoms with Crippen LogP contribution in [0.15, 0.2) is 60.9 Å². The van der Waals surface area contributed by atoms with Gasteiger partial charge in [0.05, 0.1) is 18.3 Å². The Morgan fingerprint density at radius 3 is 2.58 bits per heavy atom. The molecule has 1 N–H and O–H groups in total. The summed E-state index contributed by atoms with van der Waals surface area (Å²) >= 11 is 0. The van der Waals surface area contributed by atoms with Crippen molar-refractivity contribution in [2.45, 2.75) is 19.0 Å². The molecule has 0 fully saturated rings. The van der Waals surface area contributed by atoms with Gasteiger partial charge < -0.3 is 14.9 Å². The molecule has 0 saturated heterocycles. The summed E-state index contributed by atoms with van der Waals surface area (Å²) in [7, 11) is 3.90. The molecular formula is C25H28FN5O2. The van der Waals surface area contributed by atoms with E-state index in [-0.39, 0.29) is 24.4 Å². The first-order chi connectivity index (χ1) is 16.0. The Hall–Kier alpha value is -3.36. The maximum absolute atomic E-state index is 13.6. The van der Waals surface area contributed by atoms with Crippen LogP contribution in [0.25, 0.3) is 22.4 Å². The molecule has 1 aliphatic heterocycles. The number of aliphatic hydroxyl groups is 1. The van der Waals surface area contributed by atoms with Crippen LogP contribution in [0.4, 0.5) is 4.39 Å². The normalized spacial score (nSPS) is 15.9. The van der Waals surface area contributed by atoms with E-state index in [1.54, 1.807) is 35.5 Å². The molecule has 7 nitrogen and oxygen atoms in total. The number of halogens is 1. The van der Waals surface area contributed by atoms with Gasteiger partial charge in [-0.05, 0) is 62.5 Å². The Kier molecular flexibility index (Phi) is 6.96. The Bertz CT molecular complexity index is 1130. The lowest BCUT2D eigenvalue weighted by molar-refractivity contribution is -0.128. The van der Waals surface area contributed by atoms with Crippen LogP contribution in [0.2, 0.25) is 0 Å². The van der Waals surface area contributed by atoms with Crippen LogP contribution < -0.4 is 0 Å². The number of amides is 1. The quantitative estimate of drug-likeness (QED) is 0.561. The Balaban J connectivity index is 1.80. The van der Waals surface area contributed by atoms with E-state index in [1.807, 2.05) is 41.9 Å². The van der Waals surface area contributed by atoms with E-state index in [0.29, 0.717) is 26.1 Å². The van der Waals surface area contributed by atoms with Crippen molar-refractivity contribution >= 4 is 5.91 Å². The van der Waals surface area contributed by atoms with Gasteiger partial charge in [-0.1, -0.05) is 6.08 Å². The Morgan fingerprint density at radius 2 is 1.91 bits per heavy atom. The van der Waals surface area contributed by atoms with Crippen molar-refractivity contribution in [3.8, 4) is 22.4 Å². The lowest BCUT2D eigenvalue weighted by Gasteiger charge is -2.33. The second kappa shape index (κ2) is 10.1. The fourth-order valence-corrected chi connectivity index (χ4v) is 4.13. The van der Waals surface area contributed by atoms with Gasteiger partial charge in [0.25, 0.3) is 0 Å². The molecule has 2 aromatic heterocycles. The number of benzene rings is 1. The lowest BCUT2D eigenvalue weighted by atomic mass is 9.98. The van der Waals surface area contributed by atoms with E-state index in [1.165, 1.54) is 12.1 Å². The van der Waals surface area contributed by atoms with Gasteiger partial charge in [-0.15, -0.1) is 0 Å². The van der Waals surface area contributed by atoms with Crippen LogP contribution in [0, 0.1) is 5.82 Å². The number of fused-ring (bicyclic) bond motifs is 1. The largest absolute Gasteiger partial charge is 0.396 e. The monoisotopic (exact) mass is 449 g/mol. The van der Waals surface area contributed by atoms with Gasteiger partial charge in [0.15, 0.2) is 0 Å². The molecule has 1 amide bonds. The molecule has 0 radical (unpaired) electrons. The van der Waals surface area contributed by atoms with Crippen LogP contribution in [0.1, 0.15) is 18.2 Å². The summed E-state index contributed by atoms with van der Waals surface area (Å²) in [5.74, 6) is -0.385. The highest BCUT2D eigenvalue weighted by molar-refractivity contribution is 5.88. The zero-order valence-electron chi connectivity index (χ0n) is 18.9. The predicted octanol–water partition coefficient (Wildman–Crippen LogP) is 3.13. The van der Waals surface area contributed by atoms with Crippen LogP contribution in [-0.2, 0) is 11.3 Å². The van der Waals surface area contributed by atoms with Crippen molar-refractivity contribution in [1.29, 1.82) is 0 Å². The van der Waals surface area contributed by atoms with Crippen molar-refractivity contribution < 1.29 is 14.3 Å². The van der Waals surface area contributed by atoms with E-state index in [4.69, 9.17) is 5.10 Å². The number of hydrogen-bond acceptors (Lipinski definition) is 5. The summed E-state index contributed by atoms with van der Waals surface area (Å²) in [4.78, 5) is 20.9. The molecule has 3 heterocycles. The summed E-state index contributed by atoms with van der Waals surface area (Å²) in [5, 5.41) is 14.6. The topological polar surface area (TPSA) is 74.5 Å². The van der Waals surface area contributed by atoms with Crippen LogP contribution in [-0.4, -0.2) is 69.4 Å². The minimum atomic E-state index is -0.312. The van der Waals surface area contributed by atoms with E-state index < -0.39 is 0 Å². The van der Waals surface area contributed by atoms with Crippen LogP contribution in [0.3, 0.4) is 0 Å². The fourth-order valence-electron chi connectivity index (χ4n) is 4.13. The second-order valence-corrected chi connectivity index (χ2v) is 8.41. The molecule has 8 heteroatoms. The first-order valence-electron chi connectivity index (χ1n) is 11.0. The van der Waals surface area contributed by atoms with Gasteiger partial charge in [-0.2, -0.15) is 5.10 Å². The number of carbonyl (C=O) groups is 1. The average molecular weight is 450 g/mol. The fraction of sp³-hybridized carbons (Fsp3) is 0.320. The molecule has 0 saturated carbocycles. The maximum atomic E-state index is 13.6. The lowest BCUT2D eigenvalue weighted by Crippen LogP contribution is -2.41. The van der Waals surface area contributed by atoms with E-state index >= 15 is 0 Å². The number of rotatable bonds is 7. The van der Waals surface area contributed by atoms with E-state index in [2.05, 4.69) is 4.98 Å². The number of likely N-dealkylation sites (N-methyl/N-ethyl adjacent to an activating group) is 1. The highest BCUT2D eigenvalue weighted by atomic mass is 19.1. The maximum Gasteiger partial charge on any atom is 0.246 e. The zero-order chi connectivity index (χ0) is 23.4. The first kappa shape index (κ1) is 22.8. The molecule has 1 aromatic carbocycles. The predicted molar refractivity (Wildman–Crippen MR) is 125 cm³/mol. The van der Waals surface area contributed by atoms with Gasteiger partial charge in [0.2, 0.25) is 5.91 Å². The summed E-state index contributed by atoms with van der Waals surface area (Å²) in [6.45, 7) is 1.51. The summed E-state index contributed by atoms with van der Waals surface area (Å²) in [6.07, 6.45) is 7.36. The van der Waals surface area contributed by atoms with E-state index in [9.17, 15) is 14.3 Å². The van der Waals surface area contributed by atoms with Gasteiger partial charge in [0.1, 0.15) is 11.5 Å². The number of aliphatic hydroxyl groups excluding tert-OH is 1. The highest BCUT2D eigenvalue weighted by Gasteiger charge is 2.32. The molecule has 0 spiro atoms. The van der Waals surface area contributed by atoms with E-state index in [0.717, 1.165) is 28.1 Å². The standard InChI is InChI=1S/C25H28FN5O2/c1-29(2)14-3-4-23(33)30-16-21(11-15-32)31-22(17-30)24(18-9-12-27-13-10-18)25(28-31)19-5-7-20(26)8-6-19/h3-10,12-13,21,32H,11,14-17H2,1-2H3. The molecule has 1 aliphatic rings. The van der Waals surface area contributed by atoms with Gasteiger partial charge in [-0.25, -0.2) is 4.39 Å². The average Bonchev–Trinajstić information content (AvgIpc) is 3.20. The van der Waals surface area contributed by atoms with Crippen LogP contribution in [0.5, 0.6) is 0 Å². The number of carbonyl (C=O) groups excluding carboxylic acids is 1. The number of aromatic nitrogens is 3. The molecule has 3 aromatic rings. The summed E-state index contributed by atoms with van der Waals surface area (Å²) in [6, 6.07) is 9.90. The number of pyridine rings is 1. The molecule has 33 heavy (non-hydrogen) atoms. The zero-order valence-corrected chi connectivity index (χ0v) is 18.9. The molecule has 1 unspecified atom stereocenters. The SMILES string of the molecule is CN(C)CC=CC(=O)N1Cc2c(-c3ccncc3)c(-c3ccc(F)cc3)nn2C(CCO)C1. The Morgan fingerprint density at radius 1 is 1.18 bits per heavy atom. The molecule has 1 atom stereocenters.